The third kappa shape index (κ3) is 4.79. The number of anilines is 2. The van der Waals surface area contributed by atoms with E-state index < -0.39 is 29.5 Å². The number of carbonyl (C=O) groups is 1. The molecule has 1 aromatic carbocycles. The first-order valence-electron chi connectivity index (χ1n) is 14.2. The molecule has 4 aromatic rings. The van der Waals surface area contributed by atoms with Gasteiger partial charge in [-0.25, -0.2) is 27.9 Å². The fourth-order valence-electron chi connectivity index (χ4n) is 6.32. The summed E-state index contributed by atoms with van der Waals surface area (Å²) < 4.78 is 57.0. The maximum absolute atomic E-state index is 16.8. The molecule has 0 spiro atoms. The molecule has 1 N–H and O–H groups in total. The summed E-state index contributed by atoms with van der Waals surface area (Å²) in [6, 6.07) is 2.08. The van der Waals surface area contributed by atoms with Gasteiger partial charge in [-0.05, 0) is 38.3 Å². The normalized spacial score (nSPS) is 20.2. The van der Waals surface area contributed by atoms with Crippen LogP contribution in [-0.2, 0) is 22.7 Å². The highest BCUT2D eigenvalue weighted by Gasteiger charge is 2.37. The predicted octanol–water partition coefficient (Wildman–Crippen LogP) is 5.67. The van der Waals surface area contributed by atoms with E-state index in [4.69, 9.17) is 9.47 Å². The number of hydrogen-bond donors (Lipinski definition) is 1. The Labute approximate surface area is 254 Å². The Morgan fingerprint density at radius 2 is 1.98 bits per heavy atom. The van der Waals surface area contributed by atoms with Crippen LogP contribution >= 0.6 is 11.3 Å². The van der Waals surface area contributed by atoms with Crippen LogP contribution in [0.3, 0.4) is 0 Å². The van der Waals surface area contributed by atoms with Gasteiger partial charge in [0.1, 0.15) is 28.4 Å². The molecule has 0 unspecified atom stereocenters. The summed E-state index contributed by atoms with van der Waals surface area (Å²) in [7, 11) is 0. The molecule has 7 rings (SSSR count). The lowest BCUT2D eigenvalue weighted by Gasteiger charge is -2.37. The van der Waals surface area contributed by atoms with Gasteiger partial charge in [-0.1, -0.05) is 0 Å². The van der Waals surface area contributed by atoms with Crippen LogP contribution in [0.25, 0.3) is 32.2 Å². The molecule has 44 heavy (non-hydrogen) atoms. The molecule has 0 aliphatic carbocycles. The molecule has 2 saturated heterocycles. The Balaban J connectivity index is 1.37. The van der Waals surface area contributed by atoms with E-state index in [2.05, 4.69) is 25.2 Å². The second-order valence-electron chi connectivity index (χ2n) is 12.2. The Morgan fingerprint density at radius 1 is 1.18 bits per heavy atom. The van der Waals surface area contributed by atoms with Crippen molar-refractivity contribution in [2.24, 2.45) is 0 Å². The molecule has 14 heteroatoms. The van der Waals surface area contributed by atoms with Crippen molar-refractivity contribution in [1.82, 2.24) is 19.9 Å². The number of hydrogen-bond acceptors (Lipinski definition) is 10. The van der Waals surface area contributed by atoms with Crippen LogP contribution in [0.5, 0.6) is 0 Å². The standard InChI is InChI=1S/C30H28F3N7O3S/c1-30(2,3)43-29(41)38-27-16(7-34)22-25(35-9-20(32)26(22)44-27)21-19-13-42-12-18(19)17-8-36-28(37-24(17)23(21)33)40-5-4-39-10-14(31)6-15(39)11-40/h8-9,14-15H,4-6,10-13H2,1-3H3,(H,38,41)/t14-,15-/m0/s1. The summed E-state index contributed by atoms with van der Waals surface area (Å²) in [6.45, 7) is 7.52. The summed E-state index contributed by atoms with van der Waals surface area (Å²) in [4.78, 5) is 30.1. The number of alkyl halides is 1. The number of ether oxygens (including phenoxy) is 2. The summed E-state index contributed by atoms with van der Waals surface area (Å²) in [5, 5.41) is 13.3. The van der Waals surface area contributed by atoms with E-state index in [1.165, 1.54) is 0 Å². The highest BCUT2D eigenvalue weighted by Crippen LogP contribution is 2.46. The minimum absolute atomic E-state index is 0.0359. The van der Waals surface area contributed by atoms with Gasteiger partial charge >= 0.3 is 6.09 Å². The quantitative estimate of drug-likeness (QED) is 0.308. The van der Waals surface area contributed by atoms with Gasteiger partial charge in [-0.2, -0.15) is 5.26 Å². The number of benzene rings is 1. The summed E-state index contributed by atoms with van der Waals surface area (Å²) >= 11 is 0.844. The highest BCUT2D eigenvalue weighted by molar-refractivity contribution is 7.23. The Morgan fingerprint density at radius 3 is 2.75 bits per heavy atom. The summed E-state index contributed by atoms with van der Waals surface area (Å²) in [5.41, 5.74) is 0.475. The first kappa shape index (κ1) is 28.7. The van der Waals surface area contributed by atoms with Crippen molar-refractivity contribution in [1.29, 1.82) is 5.26 Å². The molecule has 3 aliphatic rings. The maximum Gasteiger partial charge on any atom is 0.412 e. The van der Waals surface area contributed by atoms with Crippen molar-refractivity contribution in [3.8, 4) is 17.3 Å². The molecule has 2 atom stereocenters. The average Bonchev–Trinajstić information content (AvgIpc) is 3.69. The fraction of sp³-hybridized carbons (Fsp3) is 0.433. The van der Waals surface area contributed by atoms with Gasteiger partial charge in [0.2, 0.25) is 5.95 Å². The number of rotatable bonds is 3. The molecule has 1 amide bonds. The van der Waals surface area contributed by atoms with E-state index in [0.29, 0.717) is 55.1 Å². The molecule has 3 aromatic heterocycles. The Hall–Kier alpha value is -4.06. The molecule has 2 fully saturated rings. The second-order valence-corrected chi connectivity index (χ2v) is 13.2. The van der Waals surface area contributed by atoms with Gasteiger partial charge in [0.05, 0.1) is 35.4 Å². The minimum atomic E-state index is -0.865. The van der Waals surface area contributed by atoms with Crippen LogP contribution in [0, 0.1) is 23.0 Å². The molecule has 6 heterocycles. The molecular weight excluding hydrogens is 595 g/mol. The molecule has 228 valence electrons. The number of fused-ring (bicyclic) bond motifs is 5. The zero-order valence-corrected chi connectivity index (χ0v) is 25.0. The van der Waals surface area contributed by atoms with Crippen molar-refractivity contribution in [3.05, 3.63) is 40.7 Å². The van der Waals surface area contributed by atoms with E-state index >= 15 is 8.78 Å². The number of halogens is 3. The Bertz CT molecular complexity index is 1890. The number of pyridine rings is 1. The average molecular weight is 624 g/mol. The number of carbonyl (C=O) groups excluding carboxylic acids is 1. The first-order valence-corrected chi connectivity index (χ1v) is 15.1. The summed E-state index contributed by atoms with van der Waals surface area (Å²) in [6.07, 6.45) is 1.32. The molecule has 3 aliphatic heterocycles. The third-order valence-electron chi connectivity index (χ3n) is 8.17. The van der Waals surface area contributed by atoms with Gasteiger partial charge in [-0.3, -0.25) is 15.2 Å². The van der Waals surface area contributed by atoms with E-state index in [0.717, 1.165) is 17.5 Å². The lowest BCUT2D eigenvalue weighted by atomic mass is 9.94. The van der Waals surface area contributed by atoms with Crippen LogP contribution in [0.2, 0.25) is 0 Å². The number of nitriles is 1. The van der Waals surface area contributed by atoms with Crippen molar-refractivity contribution in [3.63, 3.8) is 0 Å². The van der Waals surface area contributed by atoms with E-state index in [1.807, 2.05) is 11.0 Å². The molecule has 10 nitrogen and oxygen atoms in total. The lowest BCUT2D eigenvalue weighted by Crippen LogP contribution is -2.50. The molecule has 0 saturated carbocycles. The monoisotopic (exact) mass is 623 g/mol. The van der Waals surface area contributed by atoms with Gasteiger partial charge < -0.3 is 14.4 Å². The van der Waals surface area contributed by atoms with Crippen LogP contribution in [0.4, 0.5) is 28.9 Å². The second kappa shape index (κ2) is 10.5. The number of piperazine rings is 1. The smallest absolute Gasteiger partial charge is 0.412 e. The van der Waals surface area contributed by atoms with Crippen LogP contribution < -0.4 is 10.2 Å². The fourth-order valence-corrected chi connectivity index (χ4v) is 7.36. The van der Waals surface area contributed by atoms with Gasteiger partial charge in [0.15, 0.2) is 11.6 Å². The van der Waals surface area contributed by atoms with Crippen molar-refractivity contribution >= 4 is 49.4 Å². The van der Waals surface area contributed by atoms with Crippen LogP contribution in [0.1, 0.15) is 43.9 Å². The topological polar surface area (TPSA) is 116 Å². The zero-order chi connectivity index (χ0) is 30.9. The molecule has 0 radical (unpaired) electrons. The summed E-state index contributed by atoms with van der Waals surface area (Å²) in [5.74, 6) is -1.09. The third-order valence-corrected chi connectivity index (χ3v) is 9.28. The van der Waals surface area contributed by atoms with E-state index in [-0.39, 0.29) is 56.7 Å². The largest absolute Gasteiger partial charge is 0.444 e. The van der Waals surface area contributed by atoms with Crippen molar-refractivity contribution in [2.75, 3.05) is 36.4 Å². The SMILES string of the molecule is CC(C)(C)OC(=O)Nc1sc2c(F)cnc(-c3c4c(c5cnc(N6CCN7C[C@@H](F)C[C@H]7C6)nc5c3F)COC4)c2c1C#N. The number of thiophene rings is 1. The van der Waals surface area contributed by atoms with Crippen molar-refractivity contribution in [2.45, 2.75) is 58.2 Å². The van der Waals surface area contributed by atoms with Crippen LogP contribution in [0.15, 0.2) is 12.4 Å². The minimum Gasteiger partial charge on any atom is -0.444 e. The highest BCUT2D eigenvalue weighted by atomic mass is 32.1. The number of nitrogens with one attached hydrogen (secondary N) is 1. The molecule has 0 bridgehead atoms. The van der Waals surface area contributed by atoms with E-state index in [1.54, 1.807) is 27.0 Å². The van der Waals surface area contributed by atoms with Gasteiger partial charge in [-0.15, -0.1) is 11.3 Å². The van der Waals surface area contributed by atoms with Gasteiger partial charge in [0, 0.05) is 54.8 Å². The first-order chi connectivity index (χ1) is 21.0. The van der Waals surface area contributed by atoms with E-state index in [9.17, 15) is 14.4 Å². The predicted molar refractivity (Wildman–Crippen MR) is 158 cm³/mol. The Kier molecular flexibility index (Phi) is 6.87. The zero-order valence-electron chi connectivity index (χ0n) is 24.2. The van der Waals surface area contributed by atoms with Crippen LogP contribution in [-0.4, -0.2) is 69.9 Å². The molecular formula is C30H28F3N7O3S. The van der Waals surface area contributed by atoms with Gasteiger partial charge in [0.25, 0.3) is 0 Å². The lowest BCUT2D eigenvalue weighted by molar-refractivity contribution is 0.0636. The number of amides is 1. The maximum atomic E-state index is 16.8. The van der Waals surface area contributed by atoms with Crippen molar-refractivity contribution < 1.29 is 27.4 Å². The number of nitrogens with zero attached hydrogens (tertiary/aromatic N) is 6. The number of aromatic nitrogens is 3.